The predicted molar refractivity (Wildman–Crippen MR) is 65.5 cm³/mol. The van der Waals surface area contributed by atoms with E-state index in [1.807, 2.05) is 0 Å². The van der Waals surface area contributed by atoms with Crippen LogP contribution >= 0.6 is 0 Å². The zero-order chi connectivity index (χ0) is 12.3. The summed E-state index contributed by atoms with van der Waals surface area (Å²) >= 11 is 0. The van der Waals surface area contributed by atoms with Crippen molar-refractivity contribution in [3.05, 3.63) is 47.1 Å². The van der Waals surface area contributed by atoms with E-state index in [1.165, 1.54) is 23.1 Å². The highest BCUT2D eigenvalue weighted by atomic mass is 16.5. The summed E-state index contributed by atoms with van der Waals surface area (Å²) in [7, 11) is 0. The van der Waals surface area contributed by atoms with Gasteiger partial charge in [0.1, 0.15) is 0 Å². The third kappa shape index (κ3) is 2.91. The van der Waals surface area contributed by atoms with Gasteiger partial charge in [0.2, 0.25) is 6.39 Å². The van der Waals surface area contributed by atoms with E-state index in [0.717, 1.165) is 0 Å². The van der Waals surface area contributed by atoms with Gasteiger partial charge in [0.25, 0.3) is 0 Å². The first-order valence-corrected chi connectivity index (χ1v) is 5.72. The molecule has 1 heterocycles. The number of rotatable bonds is 4. The lowest BCUT2D eigenvalue weighted by atomic mass is 10.0. The smallest absolute Gasteiger partial charge is 0.213 e. The van der Waals surface area contributed by atoms with E-state index in [2.05, 4.69) is 59.0 Å². The van der Waals surface area contributed by atoms with Crippen LogP contribution in [0.4, 0.5) is 0 Å². The maximum Gasteiger partial charge on any atom is 0.213 e. The molecule has 4 heteroatoms. The molecule has 0 amide bonds. The second-order valence-corrected chi connectivity index (χ2v) is 4.29. The van der Waals surface area contributed by atoms with Gasteiger partial charge in [0.05, 0.1) is 6.54 Å². The fourth-order valence-corrected chi connectivity index (χ4v) is 1.67. The van der Waals surface area contributed by atoms with Gasteiger partial charge in [-0.25, -0.2) is 0 Å². The van der Waals surface area contributed by atoms with Crippen LogP contribution in [0.25, 0.3) is 0 Å². The van der Waals surface area contributed by atoms with Gasteiger partial charge in [-0.2, -0.15) is 4.98 Å². The molecule has 0 aliphatic rings. The van der Waals surface area contributed by atoms with E-state index in [9.17, 15) is 0 Å². The molecule has 17 heavy (non-hydrogen) atoms. The standard InChI is InChI=1S/C13H17N3O/c1-9-4-5-12(6-10(9)2)11(3)14-7-13-15-8-17-16-13/h4-6,8,11,14H,7H2,1-3H3. The molecular weight excluding hydrogens is 214 g/mol. The van der Waals surface area contributed by atoms with Crippen LogP contribution in [0.3, 0.4) is 0 Å². The quantitative estimate of drug-likeness (QED) is 0.878. The van der Waals surface area contributed by atoms with Crippen molar-refractivity contribution >= 4 is 0 Å². The van der Waals surface area contributed by atoms with Gasteiger partial charge >= 0.3 is 0 Å². The summed E-state index contributed by atoms with van der Waals surface area (Å²) in [6.07, 6.45) is 1.34. The van der Waals surface area contributed by atoms with Crippen molar-refractivity contribution in [2.24, 2.45) is 0 Å². The van der Waals surface area contributed by atoms with Crippen LogP contribution in [0.2, 0.25) is 0 Å². The predicted octanol–water partition coefficient (Wildman–Crippen LogP) is 2.54. The molecule has 1 N–H and O–H groups in total. The summed E-state index contributed by atoms with van der Waals surface area (Å²) in [6, 6.07) is 6.78. The monoisotopic (exact) mass is 231 g/mol. The number of hydrogen-bond donors (Lipinski definition) is 1. The van der Waals surface area contributed by atoms with E-state index < -0.39 is 0 Å². The van der Waals surface area contributed by atoms with Crippen molar-refractivity contribution in [2.75, 3.05) is 0 Å². The molecule has 0 aliphatic carbocycles. The number of aromatic nitrogens is 2. The summed E-state index contributed by atoms with van der Waals surface area (Å²) in [5, 5.41) is 7.13. The summed E-state index contributed by atoms with van der Waals surface area (Å²) in [6.45, 7) is 7.00. The molecule has 0 bridgehead atoms. The molecule has 0 saturated carbocycles. The van der Waals surface area contributed by atoms with Gasteiger partial charge in [-0.05, 0) is 37.5 Å². The molecule has 4 nitrogen and oxygen atoms in total. The number of aryl methyl sites for hydroxylation is 2. The minimum absolute atomic E-state index is 0.271. The first kappa shape index (κ1) is 11.8. The highest BCUT2D eigenvalue weighted by Gasteiger charge is 2.07. The van der Waals surface area contributed by atoms with Gasteiger partial charge in [0, 0.05) is 6.04 Å². The number of benzene rings is 1. The fraction of sp³-hybridized carbons (Fsp3) is 0.385. The molecule has 1 atom stereocenters. The average Bonchev–Trinajstić information content (AvgIpc) is 2.82. The van der Waals surface area contributed by atoms with Gasteiger partial charge in [-0.1, -0.05) is 23.4 Å². The van der Waals surface area contributed by atoms with Crippen molar-refractivity contribution in [2.45, 2.75) is 33.4 Å². The van der Waals surface area contributed by atoms with Crippen molar-refractivity contribution in [1.29, 1.82) is 0 Å². The van der Waals surface area contributed by atoms with Crippen molar-refractivity contribution in [1.82, 2.24) is 15.5 Å². The molecule has 1 aromatic carbocycles. The molecular formula is C13H17N3O. The second-order valence-electron chi connectivity index (χ2n) is 4.29. The average molecular weight is 231 g/mol. The third-order valence-electron chi connectivity index (χ3n) is 3.00. The highest BCUT2D eigenvalue weighted by molar-refractivity contribution is 5.31. The van der Waals surface area contributed by atoms with Gasteiger partial charge in [-0.3, -0.25) is 0 Å². The number of hydrogen-bond acceptors (Lipinski definition) is 4. The van der Waals surface area contributed by atoms with Crippen LogP contribution in [0.5, 0.6) is 0 Å². The Labute approximate surface area is 101 Å². The maximum atomic E-state index is 4.69. The molecule has 2 rings (SSSR count). The number of nitrogens with one attached hydrogen (secondary N) is 1. The zero-order valence-corrected chi connectivity index (χ0v) is 10.4. The van der Waals surface area contributed by atoms with Gasteiger partial charge < -0.3 is 9.84 Å². The largest absolute Gasteiger partial charge is 0.343 e. The Balaban J connectivity index is 1.99. The SMILES string of the molecule is Cc1ccc(C(C)NCc2ncon2)cc1C. The number of nitrogens with zero attached hydrogens (tertiary/aromatic N) is 2. The van der Waals surface area contributed by atoms with Crippen molar-refractivity contribution in [3.8, 4) is 0 Å². The van der Waals surface area contributed by atoms with Crippen molar-refractivity contribution in [3.63, 3.8) is 0 Å². The van der Waals surface area contributed by atoms with E-state index in [-0.39, 0.29) is 6.04 Å². The Morgan fingerprint density at radius 1 is 1.29 bits per heavy atom. The minimum Gasteiger partial charge on any atom is -0.343 e. The Hall–Kier alpha value is -1.68. The van der Waals surface area contributed by atoms with Crippen molar-refractivity contribution < 1.29 is 4.52 Å². The molecule has 0 radical (unpaired) electrons. The van der Waals surface area contributed by atoms with Crippen LogP contribution in [-0.2, 0) is 6.54 Å². The molecule has 1 aromatic heterocycles. The maximum absolute atomic E-state index is 4.69. The minimum atomic E-state index is 0.271. The first-order chi connectivity index (χ1) is 8.16. The third-order valence-corrected chi connectivity index (χ3v) is 3.00. The summed E-state index contributed by atoms with van der Waals surface area (Å²) in [5.41, 5.74) is 3.91. The fourth-order valence-electron chi connectivity index (χ4n) is 1.67. The first-order valence-electron chi connectivity index (χ1n) is 5.72. The molecule has 0 aliphatic heterocycles. The highest BCUT2D eigenvalue weighted by Crippen LogP contribution is 2.16. The molecule has 0 spiro atoms. The van der Waals surface area contributed by atoms with E-state index >= 15 is 0 Å². The molecule has 90 valence electrons. The Bertz CT molecular complexity index is 479. The Kier molecular flexibility index (Phi) is 3.54. The summed E-state index contributed by atoms with van der Waals surface area (Å²) in [4.78, 5) is 3.97. The van der Waals surface area contributed by atoms with Crippen LogP contribution in [0.1, 0.15) is 35.5 Å². The molecule has 0 fully saturated rings. The van der Waals surface area contributed by atoms with E-state index in [0.29, 0.717) is 12.4 Å². The van der Waals surface area contributed by atoms with Gasteiger partial charge in [-0.15, -0.1) is 0 Å². The summed E-state index contributed by atoms with van der Waals surface area (Å²) in [5.74, 6) is 0.681. The van der Waals surface area contributed by atoms with Crippen LogP contribution in [-0.4, -0.2) is 10.1 Å². The van der Waals surface area contributed by atoms with E-state index in [4.69, 9.17) is 0 Å². The van der Waals surface area contributed by atoms with Crippen LogP contribution in [0.15, 0.2) is 29.1 Å². The zero-order valence-electron chi connectivity index (χ0n) is 10.4. The topological polar surface area (TPSA) is 51.0 Å². The second kappa shape index (κ2) is 5.10. The van der Waals surface area contributed by atoms with Gasteiger partial charge in [0.15, 0.2) is 5.82 Å². The molecule has 1 unspecified atom stereocenters. The van der Waals surface area contributed by atoms with E-state index in [1.54, 1.807) is 0 Å². The lowest BCUT2D eigenvalue weighted by Gasteiger charge is -2.14. The van der Waals surface area contributed by atoms with Crippen LogP contribution in [0, 0.1) is 13.8 Å². The van der Waals surface area contributed by atoms with Crippen LogP contribution < -0.4 is 5.32 Å². The Morgan fingerprint density at radius 3 is 2.76 bits per heavy atom. The lowest BCUT2D eigenvalue weighted by molar-refractivity contribution is 0.405. The summed E-state index contributed by atoms with van der Waals surface area (Å²) < 4.78 is 4.69. The Morgan fingerprint density at radius 2 is 2.12 bits per heavy atom. The normalized spacial score (nSPS) is 12.6. The lowest BCUT2D eigenvalue weighted by Crippen LogP contribution is -2.18. The molecule has 2 aromatic rings. The molecule has 0 saturated heterocycles.